The fraction of sp³-hybridized carbons (Fsp3) is 0.475. The van der Waals surface area contributed by atoms with Crippen LogP contribution in [0.1, 0.15) is 98.5 Å². The molecular weight excluding hydrogens is 556 g/mol. The molecule has 5 heteroatoms. The lowest BCUT2D eigenvalue weighted by molar-refractivity contribution is 0.0952. The minimum absolute atomic E-state index is 0.0406. The lowest BCUT2D eigenvalue weighted by atomic mass is 9.90. The molecule has 5 rings (SSSR count). The van der Waals surface area contributed by atoms with Crippen LogP contribution in [0.5, 0.6) is 11.5 Å². The van der Waals surface area contributed by atoms with Gasteiger partial charge in [-0.2, -0.15) is 0 Å². The van der Waals surface area contributed by atoms with Crippen LogP contribution in [0.3, 0.4) is 0 Å². The molecule has 0 aliphatic heterocycles. The molecule has 0 radical (unpaired) electrons. The molecule has 3 aromatic carbocycles. The Morgan fingerprint density at radius 1 is 0.844 bits per heavy atom. The summed E-state index contributed by atoms with van der Waals surface area (Å²) in [6.07, 6.45) is 17.7. The minimum Gasteiger partial charge on any atom is -0.495 e. The van der Waals surface area contributed by atoms with E-state index in [1.54, 1.807) is 7.11 Å². The quantitative estimate of drug-likeness (QED) is 0.145. The molecule has 0 saturated heterocycles. The summed E-state index contributed by atoms with van der Waals surface area (Å²) in [5, 5.41) is 4.09. The van der Waals surface area contributed by atoms with E-state index in [-0.39, 0.29) is 5.91 Å². The van der Waals surface area contributed by atoms with Gasteiger partial charge in [-0.1, -0.05) is 118 Å². The van der Waals surface area contributed by atoms with Gasteiger partial charge >= 0.3 is 0 Å². The first kappa shape index (κ1) is 32.7. The molecule has 2 unspecified atom stereocenters. The number of unbranched alkanes of at least 4 members (excludes halogenated alkanes) is 1. The number of hydrogen-bond donors (Lipinski definition) is 1. The smallest absolute Gasteiger partial charge is 0.253 e. The van der Waals surface area contributed by atoms with E-state index in [0.717, 1.165) is 65.8 Å². The number of benzene rings is 3. The van der Waals surface area contributed by atoms with E-state index in [1.807, 2.05) is 60.8 Å². The van der Waals surface area contributed by atoms with E-state index < -0.39 is 0 Å². The van der Waals surface area contributed by atoms with Gasteiger partial charge in [0.05, 0.1) is 24.8 Å². The first-order chi connectivity index (χ1) is 22.1. The number of nitrogens with zero attached hydrogens (tertiary/aromatic N) is 1. The van der Waals surface area contributed by atoms with Gasteiger partial charge in [0.15, 0.2) is 0 Å². The molecular formula is C40H52N2O3. The summed E-state index contributed by atoms with van der Waals surface area (Å²) >= 11 is 0. The molecule has 0 bridgehead atoms. The highest BCUT2D eigenvalue weighted by atomic mass is 16.5. The lowest BCUT2D eigenvalue weighted by Crippen LogP contribution is -2.22. The molecule has 0 spiro atoms. The summed E-state index contributed by atoms with van der Waals surface area (Å²) < 4.78 is 13.9. The third-order valence-electron chi connectivity index (χ3n) is 9.59. The predicted molar refractivity (Wildman–Crippen MR) is 185 cm³/mol. The number of ether oxygens (including phenoxy) is 2. The molecule has 1 aromatic heterocycles. The summed E-state index contributed by atoms with van der Waals surface area (Å²) in [5.41, 5.74) is 4.04. The summed E-state index contributed by atoms with van der Waals surface area (Å²) in [6, 6.07) is 24.5. The number of aromatic nitrogens is 1. The van der Waals surface area contributed by atoms with Gasteiger partial charge in [-0.15, -0.1) is 0 Å². The summed E-state index contributed by atoms with van der Waals surface area (Å²) in [4.78, 5) is 13.3. The van der Waals surface area contributed by atoms with Gasteiger partial charge in [0, 0.05) is 24.7 Å². The number of para-hydroxylation sites is 2. The largest absolute Gasteiger partial charge is 0.495 e. The lowest BCUT2D eigenvalue weighted by Gasteiger charge is -2.17. The Hall–Kier alpha value is -3.73. The molecule has 1 saturated carbocycles. The zero-order valence-electron chi connectivity index (χ0n) is 27.4. The van der Waals surface area contributed by atoms with Crippen LogP contribution in [0.15, 0.2) is 79.0 Å². The Labute approximate surface area is 270 Å². The zero-order chi connectivity index (χ0) is 31.3. The number of amides is 1. The molecule has 240 valence electrons. The van der Waals surface area contributed by atoms with Crippen LogP contribution in [0, 0.1) is 18.8 Å². The molecule has 1 aliphatic rings. The second kappa shape index (κ2) is 17.1. The molecule has 5 nitrogen and oxygen atoms in total. The Balaban J connectivity index is 1.09. The Morgan fingerprint density at radius 3 is 2.33 bits per heavy atom. The van der Waals surface area contributed by atoms with Crippen molar-refractivity contribution in [3.8, 4) is 11.5 Å². The maximum absolute atomic E-state index is 13.3. The Bertz CT molecular complexity index is 1480. The summed E-state index contributed by atoms with van der Waals surface area (Å²) in [7, 11) is 1.71. The van der Waals surface area contributed by atoms with Crippen molar-refractivity contribution >= 4 is 16.8 Å². The average Bonchev–Trinajstić information content (AvgIpc) is 3.48. The highest BCUT2D eigenvalue weighted by Crippen LogP contribution is 2.32. The minimum atomic E-state index is -0.0406. The zero-order valence-corrected chi connectivity index (χ0v) is 27.4. The molecule has 1 fully saturated rings. The van der Waals surface area contributed by atoms with E-state index in [9.17, 15) is 4.79 Å². The van der Waals surface area contributed by atoms with Crippen LogP contribution in [0.2, 0.25) is 0 Å². The number of methoxy groups -OCH3 is 1. The topological polar surface area (TPSA) is 52.5 Å². The van der Waals surface area contributed by atoms with Gasteiger partial charge in [0.1, 0.15) is 11.5 Å². The first-order valence-corrected chi connectivity index (χ1v) is 17.3. The van der Waals surface area contributed by atoms with Crippen LogP contribution in [0.4, 0.5) is 0 Å². The summed E-state index contributed by atoms with van der Waals surface area (Å²) in [5.74, 6) is 3.45. The predicted octanol–water partition coefficient (Wildman–Crippen LogP) is 9.89. The van der Waals surface area contributed by atoms with Crippen molar-refractivity contribution in [3.63, 3.8) is 0 Å². The van der Waals surface area contributed by atoms with Crippen LogP contribution in [-0.4, -0.2) is 24.2 Å². The van der Waals surface area contributed by atoms with Crippen molar-refractivity contribution in [2.75, 3.05) is 13.7 Å². The number of carbonyl (C=O) groups is 1. The standard InChI is InChI=1S/C40H52N2O3/c1-31-14-10-20-34(28-31)29-41-40(43)37-30-42(39-36(37)24-12-25-38(39)44-2)26-9-8-17-32-15-6-7-16-33(19-11-18-32)21-13-27-45-35-22-4-3-5-23-35/h3-5,10,12,14,20,22-25,28,30,32-33H,6-9,11,13,15-19,21,26-27,29H2,1-2H3,(H,41,43). The Kier molecular flexibility index (Phi) is 12.4. The second-order valence-electron chi connectivity index (χ2n) is 13.0. The van der Waals surface area contributed by atoms with Crippen molar-refractivity contribution in [1.29, 1.82) is 0 Å². The van der Waals surface area contributed by atoms with Gasteiger partial charge in [-0.05, 0) is 61.8 Å². The van der Waals surface area contributed by atoms with E-state index >= 15 is 0 Å². The van der Waals surface area contributed by atoms with E-state index in [2.05, 4.69) is 35.0 Å². The van der Waals surface area contributed by atoms with Gasteiger partial charge < -0.3 is 19.4 Å². The average molecular weight is 609 g/mol. The first-order valence-electron chi connectivity index (χ1n) is 17.3. The van der Waals surface area contributed by atoms with Crippen molar-refractivity contribution in [2.45, 2.75) is 97.1 Å². The second-order valence-corrected chi connectivity index (χ2v) is 13.0. The van der Waals surface area contributed by atoms with Crippen LogP contribution in [0.25, 0.3) is 10.9 Å². The molecule has 4 aromatic rings. The maximum Gasteiger partial charge on any atom is 0.253 e. The van der Waals surface area contributed by atoms with Crippen LogP contribution in [-0.2, 0) is 13.1 Å². The molecule has 1 N–H and O–H groups in total. The van der Waals surface area contributed by atoms with Crippen molar-refractivity contribution in [2.24, 2.45) is 11.8 Å². The number of hydrogen-bond acceptors (Lipinski definition) is 3. The molecule has 1 heterocycles. The Morgan fingerprint density at radius 2 is 1.58 bits per heavy atom. The molecule has 1 amide bonds. The van der Waals surface area contributed by atoms with E-state index in [4.69, 9.17) is 9.47 Å². The highest BCUT2D eigenvalue weighted by molar-refractivity contribution is 6.08. The molecule has 45 heavy (non-hydrogen) atoms. The van der Waals surface area contributed by atoms with E-state index in [1.165, 1.54) is 69.8 Å². The third-order valence-corrected chi connectivity index (χ3v) is 9.59. The SMILES string of the molecule is COc1cccc2c(C(=O)NCc3cccc(C)c3)cn(CCCCC3CCCCC(CCCOc4ccccc4)CCC3)c12. The number of fused-ring (bicyclic) bond motifs is 1. The molecule has 2 atom stereocenters. The van der Waals surface area contributed by atoms with Gasteiger partial charge in [0.25, 0.3) is 5.91 Å². The maximum atomic E-state index is 13.3. The van der Waals surface area contributed by atoms with Crippen molar-refractivity contribution < 1.29 is 14.3 Å². The third kappa shape index (κ3) is 9.63. The monoisotopic (exact) mass is 608 g/mol. The fourth-order valence-electron chi connectivity index (χ4n) is 7.17. The molecule has 1 aliphatic carbocycles. The van der Waals surface area contributed by atoms with Crippen molar-refractivity contribution in [3.05, 3.63) is 95.7 Å². The van der Waals surface area contributed by atoms with Gasteiger partial charge in [0.2, 0.25) is 0 Å². The van der Waals surface area contributed by atoms with Gasteiger partial charge in [-0.25, -0.2) is 0 Å². The number of aryl methyl sites for hydroxylation is 2. The summed E-state index contributed by atoms with van der Waals surface area (Å²) in [6.45, 7) is 4.31. The fourth-order valence-corrected chi connectivity index (χ4v) is 7.17. The highest BCUT2D eigenvalue weighted by Gasteiger charge is 2.19. The van der Waals surface area contributed by atoms with Crippen LogP contribution >= 0.6 is 0 Å². The van der Waals surface area contributed by atoms with E-state index in [0.29, 0.717) is 12.1 Å². The number of carbonyl (C=O) groups excluding carboxylic acids is 1. The number of rotatable bonds is 14. The number of nitrogens with one attached hydrogen (secondary N) is 1. The van der Waals surface area contributed by atoms with Crippen LogP contribution < -0.4 is 14.8 Å². The van der Waals surface area contributed by atoms with Gasteiger partial charge in [-0.3, -0.25) is 4.79 Å². The normalized spacial score (nSPS) is 17.3. The van der Waals surface area contributed by atoms with Crippen molar-refractivity contribution in [1.82, 2.24) is 9.88 Å².